The van der Waals surface area contributed by atoms with Gasteiger partial charge in [0.1, 0.15) is 17.8 Å². The van der Waals surface area contributed by atoms with Crippen LogP contribution in [0.2, 0.25) is 0 Å². The third kappa shape index (κ3) is 3.38. The Bertz CT molecular complexity index is 352. The lowest BCUT2D eigenvalue weighted by Gasteiger charge is -2.32. The largest absolute Gasteiger partial charge is 0.394 e. The number of hydrogen-bond donors (Lipinski definition) is 4. The SMILES string of the molecule is C=CC(O)(Cc1ccccc1)[C@H](O)[C@H](O)CO. The van der Waals surface area contributed by atoms with E-state index < -0.39 is 24.4 Å². The summed E-state index contributed by atoms with van der Waals surface area (Å²) in [6.07, 6.45) is -1.58. The van der Waals surface area contributed by atoms with Crippen molar-refractivity contribution in [3.63, 3.8) is 0 Å². The van der Waals surface area contributed by atoms with E-state index in [1.807, 2.05) is 18.2 Å². The lowest BCUT2D eigenvalue weighted by molar-refractivity contribution is -0.111. The number of aliphatic hydroxyl groups is 4. The minimum atomic E-state index is -1.66. The van der Waals surface area contributed by atoms with Crippen LogP contribution in [0.3, 0.4) is 0 Å². The van der Waals surface area contributed by atoms with E-state index in [0.717, 1.165) is 5.56 Å². The van der Waals surface area contributed by atoms with Crippen LogP contribution in [0.4, 0.5) is 0 Å². The first-order chi connectivity index (χ1) is 8.03. The van der Waals surface area contributed by atoms with Crippen molar-refractivity contribution in [2.75, 3.05) is 6.61 Å². The zero-order chi connectivity index (χ0) is 12.9. The van der Waals surface area contributed by atoms with Crippen LogP contribution >= 0.6 is 0 Å². The predicted octanol–water partition coefficient (Wildman–Crippen LogP) is -0.140. The smallest absolute Gasteiger partial charge is 0.115 e. The van der Waals surface area contributed by atoms with Gasteiger partial charge in [0.25, 0.3) is 0 Å². The van der Waals surface area contributed by atoms with Crippen LogP contribution in [0.5, 0.6) is 0 Å². The molecule has 0 fully saturated rings. The minimum absolute atomic E-state index is 0.121. The Balaban J connectivity index is 2.85. The molecule has 3 atom stereocenters. The van der Waals surface area contributed by atoms with E-state index in [-0.39, 0.29) is 6.42 Å². The van der Waals surface area contributed by atoms with Gasteiger partial charge in [-0.2, -0.15) is 0 Å². The van der Waals surface area contributed by atoms with Gasteiger partial charge in [-0.25, -0.2) is 0 Å². The van der Waals surface area contributed by atoms with Crippen LogP contribution < -0.4 is 0 Å². The lowest BCUT2D eigenvalue weighted by atomic mass is 9.86. The molecule has 94 valence electrons. The van der Waals surface area contributed by atoms with Gasteiger partial charge >= 0.3 is 0 Å². The van der Waals surface area contributed by atoms with Crippen LogP contribution in [0.1, 0.15) is 5.56 Å². The first-order valence-electron chi connectivity index (χ1n) is 5.40. The van der Waals surface area contributed by atoms with Crippen molar-refractivity contribution in [1.29, 1.82) is 0 Å². The summed E-state index contributed by atoms with van der Waals surface area (Å²) in [7, 11) is 0. The third-order valence-electron chi connectivity index (χ3n) is 2.75. The van der Waals surface area contributed by atoms with Gasteiger partial charge < -0.3 is 20.4 Å². The lowest BCUT2D eigenvalue weighted by Crippen LogP contribution is -2.50. The average molecular weight is 238 g/mol. The summed E-state index contributed by atoms with van der Waals surface area (Å²) in [6.45, 7) is 2.85. The molecule has 1 aromatic carbocycles. The van der Waals surface area contributed by atoms with E-state index in [4.69, 9.17) is 5.11 Å². The van der Waals surface area contributed by atoms with Gasteiger partial charge in [-0.3, -0.25) is 0 Å². The highest BCUT2D eigenvalue weighted by Crippen LogP contribution is 2.21. The van der Waals surface area contributed by atoms with E-state index in [1.54, 1.807) is 12.1 Å². The fourth-order valence-electron chi connectivity index (χ4n) is 1.65. The van der Waals surface area contributed by atoms with Gasteiger partial charge in [-0.05, 0) is 5.56 Å². The topological polar surface area (TPSA) is 80.9 Å². The zero-order valence-electron chi connectivity index (χ0n) is 9.53. The molecule has 0 radical (unpaired) electrons. The van der Waals surface area contributed by atoms with Gasteiger partial charge in [-0.1, -0.05) is 36.4 Å². The second kappa shape index (κ2) is 5.93. The molecule has 0 aliphatic carbocycles. The van der Waals surface area contributed by atoms with Gasteiger partial charge in [0.2, 0.25) is 0 Å². The standard InChI is InChI=1S/C13H18O4/c1-2-13(17,12(16)11(15)9-14)8-10-6-4-3-5-7-10/h2-7,11-12,14-17H,1,8-9H2/t11-,12-,13?/m1/s1. The second-order valence-electron chi connectivity index (χ2n) is 4.05. The molecule has 4 N–H and O–H groups in total. The van der Waals surface area contributed by atoms with Crippen LogP contribution in [0.25, 0.3) is 0 Å². The highest BCUT2D eigenvalue weighted by molar-refractivity contribution is 5.20. The first-order valence-corrected chi connectivity index (χ1v) is 5.40. The summed E-state index contributed by atoms with van der Waals surface area (Å²) in [4.78, 5) is 0. The van der Waals surface area contributed by atoms with Gasteiger partial charge in [0.05, 0.1) is 6.61 Å². The summed E-state index contributed by atoms with van der Waals surface area (Å²) in [5, 5.41) is 38.1. The van der Waals surface area contributed by atoms with Gasteiger partial charge in [-0.15, -0.1) is 6.58 Å². The van der Waals surface area contributed by atoms with Crippen molar-refractivity contribution in [2.24, 2.45) is 0 Å². The Hall–Kier alpha value is -1.20. The third-order valence-corrected chi connectivity index (χ3v) is 2.75. The van der Waals surface area contributed by atoms with Crippen molar-refractivity contribution in [3.8, 4) is 0 Å². The fraction of sp³-hybridized carbons (Fsp3) is 0.385. The highest BCUT2D eigenvalue weighted by atomic mass is 16.4. The molecule has 0 spiro atoms. The van der Waals surface area contributed by atoms with Crippen LogP contribution in [0, 0.1) is 0 Å². The molecule has 0 aliphatic heterocycles. The van der Waals surface area contributed by atoms with Crippen LogP contribution in [-0.2, 0) is 6.42 Å². The molecule has 1 aromatic rings. The van der Waals surface area contributed by atoms with E-state index in [9.17, 15) is 15.3 Å². The summed E-state index contributed by atoms with van der Waals surface area (Å²) < 4.78 is 0. The molecule has 1 rings (SSSR count). The van der Waals surface area contributed by atoms with Crippen molar-refractivity contribution in [3.05, 3.63) is 48.6 Å². The Labute approximate surface area is 100 Å². The highest BCUT2D eigenvalue weighted by Gasteiger charge is 2.37. The van der Waals surface area contributed by atoms with Gasteiger partial charge in [0.15, 0.2) is 0 Å². The van der Waals surface area contributed by atoms with E-state index >= 15 is 0 Å². The molecule has 1 unspecified atom stereocenters. The summed E-state index contributed by atoms with van der Waals surface area (Å²) in [5.41, 5.74) is -0.858. The average Bonchev–Trinajstić information content (AvgIpc) is 2.37. The summed E-state index contributed by atoms with van der Waals surface area (Å²) in [6, 6.07) is 9.07. The maximum atomic E-state index is 10.2. The predicted molar refractivity (Wildman–Crippen MR) is 64.4 cm³/mol. The Morgan fingerprint density at radius 3 is 2.29 bits per heavy atom. The second-order valence-corrected chi connectivity index (χ2v) is 4.05. The zero-order valence-corrected chi connectivity index (χ0v) is 9.53. The Morgan fingerprint density at radius 1 is 1.24 bits per heavy atom. The maximum Gasteiger partial charge on any atom is 0.115 e. The Morgan fingerprint density at radius 2 is 1.82 bits per heavy atom. The first kappa shape index (κ1) is 13.9. The van der Waals surface area contributed by atoms with E-state index in [0.29, 0.717) is 0 Å². The molecule has 0 bridgehead atoms. The molecular weight excluding hydrogens is 220 g/mol. The van der Waals surface area contributed by atoms with Crippen molar-refractivity contribution < 1.29 is 20.4 Å². The molecule has 4 heteroatoms. The molecule has 0 amide bonds. The normalized spacial score (nSPS) is 18.1. The van der Waals surface area contributed by atoms with E-state index in [2.05, 4.69) is 6.58 Å². The number of rotatable bonds is 6. The molecule has 0 heterocycles. The van der Waals surface area contributed by atoms with Crippen LogP contribution in [0.15, 0.2) is 43.0 Å². The fourth-order valence-corrected chi connectivity index (χ4v) is 1.65. The van der Waals surface area contributed by atoms with E-state index in [1.165, 1.54) is 6.08 Å². The number of benzene rings is 1. The molecule has 0 saturated carbocycles. The number of aliphatic hydroxyl groups excluding tert-OH is 3. The molecule has 0 aromatic heterocycles. The van der Waals surface area contributed by atoms with Crippen LogP contribution in [-0.4, -0.2) is 44.8 Å². The summed E-state index contributed by atoms with van der Waals surface area (Å²) >= 11 is 0. The van der Waals surface area contributed by atoms with Crippen molar-refractivity contribution in [1.82, 2.24) is 0 Å². The Kier molecular flexibility index (Phi) is 4.84. The quantitative estimate of drug-likeness (QED) is 0.520. The van der Waals surface area contributed by atoms with Crippen molar-refractivity contribution in [2.45, 2.75) is 24.2 Å². The number of hydrogen-bond acceptors (Lipinski definition) is 4. The molecule has 17 heavy (non-hydrogen) atoms. The minimum Gasteiger partial charge on any atom is -0.394 e. The monoisotopic (exact) mass is 238 g/mol. The summed E-state index contributed by atoms with van der Waals surface area (Å²) in [5.74, 6) is 0. The van der Waals surface area contributed by atoms with Gasteiger partial charge in [0, 0.05) is 6.42 Å². The maximum absolute atomic E-state index is 10.2. The molecule has 0 aliphatic rings. The van der Waals surface area contributed by atoms with Crippen molar-refractivity contribution >= 4 is 0 Å². The molecular formula is C13H18O4. The molecule has 4 nitrogen and oxygen atoms in total. The molecule has 0 saturated heterocycles.